The largest absolute Gasteiger partial charge is 0.477 e. The highest BCUT2D eigenvalue weighted by Gasteiger charge is 2.23. The van der Waals surface area contributed by atoms with E-state index in [1.807, 2.05) is 24.3 Å². The third-order valence-electron chi connectivity index (χ3n) is 4.49. The summed E-state index contributed by atoms with van der Waals surface area (Å²) in [7, 11) is 0. The van der Waals surface area contributed by atoms with Crippen LogP contribution in [0.3, 0.4) is 0 Å². The molecule has 1 saturated heterocycles. The summed E-state index contributed by atoms with van der Waals surface area (Å²) < 4.78 is 18.6. The maximum Gasteiger partial charge on any atom is 0.311 e. The lowest BCUT2D eigenvalue weighted by Gasteiger charge is -2.34. The van der Waals surface area contributed by atoms with Crippen LogP contribution in [0.1, 0.15) is 5.56 Å². The predicted octanol–water partition coefficient (Wildman–Crippen LogP) is 3.11. The predicted molar refractivity (Wildman–Crippen MR) is 102 cm³/mol. The molecule has 1 aliphatic rings. The van der Waals surface area contributed by atoms with E-state index in [4.69, 9.17) is 16.3 Å². The summed E-state index contributed by atoms with van der Waals surface area (Å²) in [6.45, 7) is 2.80. The van der Waals surface area contributed by atoms with Crippen molar-refractivity contribution >= 4 is 23.2 Å². The van der Waals surface area contributed by atoms with E-state index >= 15 is 0 Å². The lowest BCUT2D eigenvalue weighted by atomic mass is 10.2. The van der Waals surface area contributed by atoms with Gasteiger partial charge in [-0.25, -0.2) is 4.39 Å². The first-order valence-corrected chi connectivity index (χ1v) is 9.11. The molecule has 1 amide bonds. The molecule has 1 fully saturated rings. The van der Waals surface area contributed by atoms with Crippen LogP contribution in [0.25, 0.3) is 0 Å². The van der Waals surface area contributed by atoms with E-state index in [-0.39, 0.29) is 24.0 Å². The molecule has 2 aromatic rings. The summed E-state index contributed by atoms with van der Waals surface area (Å²) in [6, 6.07) is 10.6. The average Bonchev–Trinajstić information content (AvgIpc) is 2.66. The van der Waals surface area contributed by atoms with Gasteiger partial charge in [-0.15, -0.1) is 0 Å². The summed E-state index contributed by atoms with van der Waals surface area (Å²) in [4.78, 5) is 26.5. The maximum atomic E-state index is 13.3. The third kappa shape index (κ3) is 5.17. The van der Waals surface area contributed by atoms with Crippen LogP contribution >= 0.6 is 11.6 Å². The molecule has 0 atom stereocenters. The van der Waals surface area contributed by atoms with E-state index in [2.05, 4.69) is 4.90 Å². The van der Waals surface area contributed by atoms with Crippen LogP contribution in [0.2, 0.25) is 5.02 Å². The average molecular weight is 408 g/mol. The number of halogens is 2. The summed E-state index contributed by atoms with van der Waals surface area (Å²) in [6.07, 6.45) is 0. The first-order chi connectivity index (χ1) is 13.4. The second-order valence-corrected chi connectivity index (χ2v) is 6.88. The number of amides is 1. The molecule has 7 nitrogen and oxygen atoms in total. The Bertz CT molecular complexity index is 872. The number of rotatable bonds is 6. The summed E-state index contributed by atoms with van der Waals surface area (Å²) in [5.74, 6) is -1.21. The van der Waals surface area contributed by atoms with Crippen LogP contribution in [0, 0.1) is 15.9 Å². The van der Waals surface area contributed by atoms with Gasteiger partial charge in [-0.1, -0.05) is 23.7 Å². The van der Waals surface area contributed by atoms with Crippen LogP contribution in [0.5, 0.6) is 5.75 Å². The Kier molecular flexibility index (Phi) is 6.43. The topological polar surface area (TPSA) is 75.9 Å². The van der Waals surface area contributed by atoms with Gasteiger partial charge in [0.05, 0.1) is 4.92 Å². The van der Waals surface area contributed by atoms with Gasteiger partial charge in [0, 0.05) is 49.9 Å². The standard InChI is InChI=1S/C19H19ClFN3O4/c20-15-3-1-2-14(10-15)12-22-6-8-23(9-7-22)19(25)13-28-18-11-16(21)4-5-17(18)24(26)27/h1-5,10-11H,6-9,12-13H2. The number of nitrogens with zero attached hydrogens (tertiary/aromatic N) is 3. The van der Waals surface area contributed by atoms with Gasteiger partial charge in [0.15, 0.2) is 6.61 Å². The molecule has 0 aromatic heterocycles. The van der Waals surface area contributed by atoms with Crippen molar-refractivity contribution in [2.75, 3.05) is 32.8 Å². The normalized spacial score (nSPS) is 14.7. The van der Waals surface area contributed by atoms with E-state index in [1.165, 1.54) is 0 Å². The molecule has 0 bridgehead atoms. The highest BCUT2D eigenvalue weighted by Crippen LogP contribution is 2.27. The van der Waals surface area contributed by atoms with E-state index in [9.17, 15) is 19.3 Å². The summed E-state index contributed by atoms with van der Waals surface area (Å²) in [5, 5.41) is 11.7. The zero-order valence-electron chi connectivity index (χ0n) is 15.0. The van der Waals surface area contributed by atoms with Crippen LogP contribution in [-0.4, -0.2) is 53.4 Å². The molecule has 0 unspecified atom stereocenters. The Balaban J connectivity index is 1.50. The van der Waals surface area contributed by atoms with Gasteiger partial charge >= 0.3 is 5.69 Å². The Hall–Kier alpha value is -2.71. The quantitative estimate of drug-likeness (QED) is 0.543. The molecule has 0 aliphatic carbocycles. The molecule has 0 saturated carbocycles. The maximum absolute atomic E-state index is 13.3. The van der Waals surface area contributed by atoms with Crippen molar-refractivity contribution in [3.8, 4) is 5.75 Å². The smallest absolute Gasteiger partial charge is 0.311 e. The number of carbonyl (C=O) groups excluding carboxylic acids is 1. The molecule has 3 rings (SSSR count). The number of hydrogen-bond acceptors (Lipinski definition) is 5. The zero-order chi connectivity index (χ0) is 20.1. The van der Waals surface area contributed by atoms with Crippen molar-refractivity contribution in [3.63, 3.8) is 0 Å². The molecule has 28 heavy (non-hydrogen) atoms. The minimum atomic E-state index is -0.673. The highest BCUT2D eigenvalue weighted by atomic mass is 35.5. The van der Waals surface area contributed by atoms with E-state index in [0.29, 0.717) is 31.2 Å². The van der Waals surface area contributed by atoms with Gasteiger partial charge in [-0.2, -0.15) is 0 Å². The van der Waals surface area contributed by atoms with Crippen molar-refractivity contribution in [2.24, 2.45) is 0 Å². The minimum absolute atomic E-state index is 0.252. The molecule has 0 radical (unpaired) electrons. The number of nitro benzene ring substituents is 1. The van der Waals surface area contributed by atoms with Crippen LogP contribution in [0.15, 0.2) is 42.5 Å². The molecular weight excluding hydrogens is 389 g/mol. The molecule has 2 aromatic carbocycles. The number of carbonyl (C=O) groups is 1. The number of ether oxygens (including phenoxy) is 1. The van der Waals surface area contributed by atoms with E-state index < -0.39 is 10.7 Å². The molecular formula is C19H19ClFN3O4. The number of piperazine rings is 1. The third-order valence-corrected chi connectivity index (χ3v) is 4.73. The van der Waals surface area contributed by atoms with Crippen molar-refractivity contribution in [2.45, 2.75) is 6.54 Å². The zero-order valence-corrected chi connectivity index (χ0v) is 15.8. The summed E-state index contributed by atoms with van der Waals surface area (Å²) >= 11 is 6.00. The summed E-state index contributed by atoms with van der Waals surface area (Å²) in [5.41, 5.74) is 0.731. The Morgan fingerprint density at radius 1 is 1.18 bits per heavy atom. The molecule has 9 heteroatoms. The minimum Gasteiger partial charge on any atom is -0.477 e. The van der Waals surface area contributed by atoms with E-state index in [0.717, 1.165) is 30.3 Å². The Morgan fingerprint density at radius 2 is 1.93 bits per heavy atom. The van der Waals surface area contributed by atoms with Crippen LogP contribution in [0.4, 0.5) is 10.1 Å². The highest BCUT2D eigenvalue weighted by molar-refractivity contribution is 6.30. The fraction of sp³-hybridized carbons (Fsp3) is 0.316. The first kappa shape index (κ1) is 20.0. The lowest BCUT2D eigenvalue weighted by Crippen LogP contribution is -2.49. The number of nitro groups is 1. The van der Waals surface area contributed by atoms with Gasteiger partial charge in [-0.05, 0) is 23.8 Å². The monoisotopic (exact) mass is 407 g/mol. The van der Waals surface area contributed by atoms with Crippen molar-refractivity contribution in [1.82, 2.24) is 9.80 Å². The lowest BCUT2D eigenvalue weighted by molar-refractivity contribution is -0.385. The van der Waals surface area contributed by atoms with Gasteiger partial charge in [0.25, 0.3) is 5.91 Å². The van der Waals surface area contributed by atoms with Crippen molar-refractivity contribution in [3.05, 3.63) is 69.0 Å². The van der Waals surface area contributed by atoms with Crippen molar-refractivity contribution in [1.29, 1.82) is 0 Å². The Labute approximate surface area is 166 Å². The van der Waals surface area contributed by atoms with E-state index in [1.54, 1.807) is 4.90 Å². The Morgan fingerprint density at radius 3 is 2.61 bits per heavy atom. The van der Waals surface area contributed by atoms with Gasteiger partial charge in [0.1, 0.15) is 5.82 Å². The molecule has 1 aliphatic heterocycles. The van der Waals surface area contributed by atoms with Crippen LogP contribution in [-0.2, 0) is 11.3 Å². The fourth-order valence-electron chi connectivity index (χ4n) is 3.03. The number of hydrogen-bond donors (Lipinski definition) is 0. The van der Waals surface area contributed by atoms with Crippen molar-refractivity contribution < 1.29 is 18.8 Å². The molecule has 148 valence electrons. The molecule has 0 spiro atoms. The second kappa shape index (κ2) is 8.99. The SMILES string of the molecule is O=C(COc1cc(F)ccc1[N+](=O)[O-])N1CCN(Cc2cccc(Cl)c2)CC1. The van der Waals surface area contributed by atoms with Gasteiger partial charge in [-0.3, -0.25) is 19.8 Å². The number of benzene rings is 2. The second-order valence-electron chi connectivity index (χ2n) is 6.44. The molecule has 0 N–H and O–H groups in total. The fourth-order valence-corrected chi connectivity index (χ4v) is 3.25. The van der Waals surface area contributed by atoms with Gasteiger partial charge < -0.3 is 9.64 Å². The van der Waals surface area contributed by atoms with Gasteiger partial charge in [0.2, 0.25) is 5.75 Å². The van der Waals surface area contributed by atoms with Crippen LogP contribution < -0.4 is 4.74 Å². The first-order valence-electron chi connectivity index (χ1n) is 8.73. The molecule has 1 heterocycles.